The molecule has 1 fully saturated rings. The Kier molecular flexibility index (Phi) is 6.13. The average Bonchev–Trinajstić information content (AvgIpc) is 3.43. The van der Waals surface area contributed by atoms with E-state index < -0.39 is 29.9 Å². The number of amides is 2. The minimum absolute atomic E-state index is 0.136. The van der Waals surface area contributed by atoms with Gasteiger partial charge < -0.3 is 26.4 Å². The zero-order chi connectivity index (χ0) is 27.3. The number of guanidine groups is 2. The van der Waals surface area contributed by atoms with Crippen molar-refractivity contribution in [3.63, 3.8) is 0 Å². The first-order chi connectivity index (χ1) is 18.8. The number of aromatic nitrogens is 1. The number of aryl methyl sites for hydroxylation is 2. The number of nitrogens with one attached hydrogen (secondary N) is 4. The predicted octanol–water partition coefficient (Wildman–Crippen LogP) is -2.77. The molecule has 0 bridgehead atoms. The van der Waals surface area contributed by atoms with E-state index in [4.69, 9.17) is 11.5 Å². The SMILES string of the molecule is Cc1cccc(C(=O)NC[C@@H]2N=C(N)N3CC(NC(=O)c4cccc5c4CCCC5)[C@@H](O)C34NC(N)=[NH+][C@@H]24)n1. The second kappa shape index (κ2) is 9.53. The molecule has 5 atom stereocenters. The number of aliphatic hydroxyl groups is 1. The van der Waals surface area contributed by atoms with Crippen molar-refractivity contribution < 1.29 is 19.7 Å². The van der Waals surface area contributed by atoms with E-state index in [0.29, 0.717) is 11.3 Å². The molecule has 2 unspecified atom stereocenters. The first-order valence-corrected chi connectivity index (χ1v) is 13.4. The number of pyridine rings is 1. The van der Waals surface area contributed by atoms with Crippen molar-refractivity contribution in [1.82, 2.24) is 25.8 Å². The van der Waals surface area contributed by atoms with Crippen molar-refractivity contribution >= 4 is 23.7 Å². The fourth-order valence-electron chi connectivity index (χ4n) is 6.49. The van der Waals surface area contributed by atoms with Gasteiger partial charge in [-0.15, -0.1) is 0 Å². The van der Waals surface area contributed by atoms with E-state index in [1.165, 1.54) is 5.56 Å². The third-order valence-corrected chi connectivity index (χ3v) is 8.29. The van der Waals surface area contributed by atoms with Gasteiger partial charge in [0.05, 0.1) is 6.04 Å². The van der Waals surface area contributed by atoms with Crippen molar-refractivity contribution in [2.45, 2.75) is 62.5 Å². The Balaban J connectivity index is 1.22. The Morgan fingerprint density at radius 3 is 2.79 bits per heavy atom. The second-order valence-corrected chi connectivity index (χ2v) is 10.7. The first kappa shape index (κ1) is 25.1. The molecule has 2 amide bonds. The zero-order valence-electron chi connectivity index (χ0n) is 21.8. The second-order valence-electron chi connectivity index (χ2n) is 10.7. The van der Waals surface area contributed by atoms with Crippen LogP contribution >= 0.6 is 0 Å². The Labute approximate surface area is 226 Å². The van der Waals surface area contributed by atoms with Gasteiger partial charge in [0.2, 0.25) is 5.66 Å². The molecule has 1 aromatic heterocycles. The highest BCUT2D eigenvalue weighted by Crippen LogP contribution is 2.35. The highest BCUT2D eigenvalue weighted by Gasteiger charge is 2.68. The molecular weight excluding hydrogens is 498 g/mol. The summed E-state index contributed by atoms with van der Waals surface area (Å²) in [6, 6.07) is 9.35. The molecule has 1 aliphatic carbocycles. The molecule has 9 N–H and O–H groups in total. The first-order valence-electron chi connectivity index (χ1n) is 13.4. The summed E-state index contributed by atoms with van der Waals surface area (Å²) < 4.78 is 0. The van der Waals surface area contributed by atoms with Crippen LogP contribution in [0.25, 0.3) is 0 Å². The van der Waals surface area contributed by atoms with Gasteiger partial charge in [0.15, 0.2) is 12.0 Å². The number of nitrogens with two attached hydrogens (primary N) is 2. The van der Waals surface area contributed by atoms with Crippen LogP contribution in [0.15, 0.2) is 41.4 Å². The number of carbonyl (C=O) groups excluding carboxylic acids is 2. The van der Waals surface area contributed by atoms with Crippen molar-refractivity contribution in [2.24, 2.45) is 16.5 Å². The van der Waals surface area contributed by atoms with Crippen molar-refractivity contribution in [3.05, 3.63) is 64.5 Å². The van der Waals surface area contributed by atoms with Gasteiger partial charge in [-0.2, -0.15) is 0 Å². The summed E-state index contributed by atoms with van der Waals surface area (Å²) in [5, 5.41) is 20.8. The molecule has 1 spiro atoms. The lowest BCUT2D eigenvalue weighted by molar-refractivity contribution is -0.513. The fraction of sp³-hybridized carbons (Fsp3) is 0.444. The number of nitrogens with zero attached hydrogens (tertiary/aromatic N) is 3. The molecule has 3 aliphatic heterocycles. The van der Waals surface area contributed by atoms with Gasteiger partial charge in [0.25, 0.3) is 11.8 Å². The summed E-state index contributed by atoms with van der Waals surface area (Å²) in [7, 11) is 0. The average molecular weight is 533 g/mol. The molecule has 0 saturated carbocycles. The lowest BCUT2D eigenvalue weighted by Crippen LogP contribution is -2.88. The smallest absolute Gasteiger partial charge is 0.343 e. The normalized spacial score (nSPS) is 28.8. The van der Waals surface area contributed by atoms with Gasteiger partial charge in [-0.3, -0.25) is 20.3 Å². The number of fused-ring (bicyclic) bond motifs is 1. The van der Waals surface area contributed by atoms with Crippen LogP contribution in [-0.2, 0) is 12.8 Å². The molecule has 1 saturated heterocycles. The summed E-state index contributed by atoms with van der Waals surface area (Å²) in [6.45, 7) is 2.19. The number of rotatable bonds is 5. The molecule has 1 aromatic carbocycles. The molecule has 6 rings (SSSR count). The molecule has 204 valence electrons. The maximum absolute atomic E-state index is 13.4. The van der Waals surface area contributed by atoms with E-state index in [2.05, 4.69) is 37.0 Å². The zero-order valence-corrected chi connectivity index (χ0v) is 21.8. The number of carbonyl (C=O) groups is 2. The Bertz CT molecular complexity index is 1390. The van der Waals surface area contributed by atoms with Crippen molar-refractivity contribution in [1.29, 1.82) is 0 Å². The molecule has 0 radical (unpaired) electrons. The lowest BCUT2D eigenvalue weighted by Gasteiger charge is -2.43. The van der Waals surface area contributed by atoms with E-state index >= 15 is 0 Å². The highest BCUT2D eigenvalue weighted by atomic mass is 16.3. The minimum Gasteiger partial charge on any atom is -0.385 e. The van der Waals surface area contributed by atoms with Crippen LogP contribution in [0, 0.1) is 6.92 Å². The van der Waals surface area contributed by atoms with E-state index in [9.17, 15) is 14.7 Å². The topological polar surface area (TPSA) is 185 Å². The van der Waals surface area contributed by atoms with Gasteiger partial charge in [0, 0.05) is 24.3 Å². The van der Waals surface area contributed by atoms with E-state index in [-0.39, 0.29) is 36.8 Å². The van der Waals surface area contributed by atoms with Gasteiger partial charge in [0.1, 0.15) is 17.8 Å². The third kappa shape index (κ3) is 4.15. The van der Waals surface area contributed by atoms with E-state index in [1.54, 1.807) is 17.0 Å². The van der Waals surface area contributed by atoms with Crippen LogP contribution in [-0.4, -0.2) is 81.7 Å². The molecule has 39 heavy (non-hydrogen) atoms. The van der Waals surface area contributed by atoms with E-state index in [0.717, 1.165) is 36.9 Å². The standard InChI is InChI=1S/C27H33N9O3/c1-14-6-4-11-18(31-14)24(39)30-12-19-21-27(35-25(28)34-21)22(37)20(13-36(27)26(29)33-19)32-23(38)17-10-5-8-15-7-2-3-9-16(15)17/h4-6,8,10-11,19-22,37H,2-3,7,9,12-13H2,1H3,(H2,29,33)(H,30,39)(H,32,38)(H3,28,34,35)/p+1/t19-,20?,21-,22+,27?/m0/s1. The predicted molar refractivity (Wildman–Crippen MR) is 144 cm³/mol. The van der Waals surface area contributed by atoms with Crippen molar-refractivity contribution in [3.8, 4) is 0 Å². The lowest BCUT2D eigenvalue weighted by atomic mass is 9.87. The molecule has 12 nitrogen and oxygen atoms in total. The molecule has 2 aromatic rings. The number of aliphatic hydroxyl groups excluding tert-OH is 1. The maximum Gasteiger partial charge on any atom is 0.343 e. The van der Waals surface area contributed by atoms with Crippen LogP contribution in [0.5, 0.6) is 0 Å². The van der Waals surface area contributed by atoms with Crippen LogP contribution < -0.4 is 32.4 Å². The highest BCUT2D eigenvalue weighted by molar-refractivity contribution is 5.96. The number of hydrogen-bond donors (Lipinski definition) is 7. The Morgan fingerprint density at radius 2 is 1.97 bits per heavy atom. The third-order valence-electron chi connectivity index (χ3n) is 8.29. The number of hydrogen-bond acceptors (Lipinski definition) is 9. The van der Waals surface area contributed by atoms with Crippen molar-refractivity contribution in [2.75, 3.05) is 13.1 Å². The minimum atomic E-state index is -1.15. The summed E-state index contributed by atoms with van der Waals surface area (Å²) in [5.41, 5.74) is 15.4. The quantitative estimate of drug-likeness (QED) is 0.216. The molecule has 4 aliphatic rings. The monoisotopic (exact) mass is 532 g/mol. The Hall–Kier alpha value is -4.19. The van der Waals surface area contributed by atoms with Gasteiger partial charge in [-0.25, -0.2) is 15.3 Å². The molecule has 12 heteroatoms. The fourth-order valence-corrected chi connectivity index (χ4v) is 6.49. The van der Waals surface area contributed by atoms with Crippen LogP contribution in [0.4, 0.5) is 0 Å². The number of benzene rings is 1. The molecular formula is C27H34N9O3+. The van der Waals surface area contributed by atoms with Crippen LogP contribution in [0.1, 0.15) is 50.5 Å². The van der Waals surface area contributed by atoms with Crippen LogP contribution in [0.2, 0.25) is 0 Å². The van der Waals surface area contributed by atoms with Gasteiger partial charge in [-0.05, 0) is 61.9 Å². The number of aliphatic imine (C=N–C) groups is 1. The van der Waals surface area contributed by atoms with Gasteiger partial charge >= 0.3 is 5.96 Å². The van der Waals surface area contributed by atoms with Crippen LogP contribution in [0.3, 0.4) is 0 Å². The summed E-state index contributed by atoms with van der Waals surface area (Å²) in [6.07, 6.45) is 2.93. The summed E-state index contributed by atoms with van der Waals surface area (Å²) in [4.78, 5) is 40.0. The molecule has 4 heterocycles. The summed E-state index contributed by atoms with van der Waals surface area (Å²) in [5.74, 6) is -0.112. The van der Waals surface area contributed by atoms with E-state index in [1.807, 2.05) is 25.1 Å². The summed E-state index contributed by atoms with van der Waals surface area (Å²) >= 11 is 0. The maximum atomic E-state index is 13.4. The Morgan fingerprint density at radius 1 is 1.18 bits per heavy atom. The van der Waals surface area contributed by atoms with Gasteiger partial charge in [-0.1, -0.05) is 18.2 Å². The largest absolute Gasteiger partial charge is 0.385 e.